The lowest BCUT2D eigenvalue weighted by atomic mass is 10.2. The Labute approximate surface area is 243 Å². The van der Waals surface area contributed by atoms with Crippen LogP contribution in [0, 0.1) is 22.8 Å². The predicted molar refractivity (Wildman–Crippen MR) is 188 cm³/mol. The smallest absolute Gasteiger partial charge is 0.412 e. The van der Waals surface area contributed by atoms with Gasteiger partial charge in [0.05, 0.1) is 38.5 Å². The molecular weight excluding hydrogens is 460 g/mol. The van der Waals surface area contributed by atoms with E-state index in [1.165, 1.54) is 89.9 Å². The van der Waals surface area contributed by atoms with Gasteiger partial charge in [0, 0.05) is 12.8 Å². The van der Waals surface area contributed by atoms with Gasteiger partial charge in [-0.05, 0) is 52.4 Å². The molecule has 0 rings (SSSR count). The summed E-state index contributed by atoms with van der Waals surface area (Å²) in [6.45, 7) is 21.8. The molecule has 0 atom stereocenters. The minimum absolute atomic E-state index is 0. The fourth-order valence-electron chi connectivity index (χ4n) is 1.98. The van der Waals surface area contributed by atoms with Crippen molar-refractivity contribution in [2.45, 2.75) is 181 Å². The molecular formula is C33H85O4+3. The first-order valence-electron chi connectivity index (χ1n) is 13.7. The minimum Gasteiger partial charge on any atom is -0.412 e. The Morgan fingerprint density at radius 3 is 0.784 bits per heavy atom. The summed E-state index contributed by atoms with van der Waals surface area (Å²) in [5.74, 6) is 0. The summed E-state index contributed by atoms with van der Waals surface area (Å²) in [5.41, 5.74) is 0. The first-order valence-corrected chi connectivity index (χ1v) is 13.7. The quantitative estimate of drug-likeness (QED) is 0.130. The van der Waals surface area contributed by atoms with Crippen LogP contribution in [0.1, 0.15) is 186 Å². The van der Waals surface area contributed by atoms with Gasteiger partial charge in [-0.1, -0.05) is 128 Å². The number of rotatable bonds is 13. The molecule has 0 aliphatic carbocycles. The topological polar surface area (TPSA) is 97.1 Å². The summed E-state index contributed by atoms with van der Waals surface area (Å²) in [5, 5.41) is 0. The molecule has 0 unspecified atom stereocenters. The molecule has 0 saturated carbocycles. The fraction of sp³-hybridized carbons (Fsp3) is 0.818. The molecule has 238 valence electrons. The molecule has 0 aliphatic rings. The average Bonchev–Trinajstić information content (AvgIpc) is 2.85. The molecule has 0 fully saturated rings. The third-order valence-corrected chi connectivity index (χ3v) is 3.80. The van der Waals surface area contributed by atoms with Crippen LogP contribution in [-0.4, -0.2) is 11.0 Å². The molecule has 0 radical (unpaired) electrons. The van der Waals surface area contributed by atoms with Crippen molar-refractivity contribution in [1.29, 1.82) is 0 Å². The largest absolute Gasteiger partial charge is 1.00 e. The lowest BCUT2D eigenvalue weighted by Crippen LogP contribution is -1.67. The molecule has 0 aromatic rings. The molecule has 0 amide bonds. The van der Waals surface area contributed by atoms with E-state index in [1.807, 2.05) is 0 Å². The van der Waals surface area contributed by atoms with Crippen molar-refractivity contribution in [1.82, 2.24) is 0 Å². The van der Waals surface area contributed by atoms with Crippen LogP contribution in [0.2, 0.25) is 0 Å². The van der Waals surface area contributed by atoms with Crippen molar-refractivity contribution in [2.75, 3.05) is 0 Å². The summed E-state index contributed by atoms with van der Waals surface area (Å²) in [6, 6.07) is 0. The van der Waals surface area contributed by atoms with E-state index in [0.29, 0.717) is 0 Å². The molecule has 0 heterocycles. The van der Waals surface area contributed by atoms with Gasteiger partial charge < -0.3 is 11.0 Å². The zero-order chi connectivity index (χ0) is 26.1. The summed E-state index contributed by atoms with van der Waals surface area (Å²) in [7, 11) is 0. The van der Waals surface area contributed by atoms with Gasteiger partial charge in [-0.15, -0.1) is 0 Å². The maximum atomic E-state index is 7.00. The van der Waals surface area contributed by atoms with E-state index in [0.717, 1.165) is 0 Å². The number of unbranched alkanes of at least 4 members (excludes halogenated alkanes) is 9. The molecule has 4 N–H and O–H groups in total. The SMILES string of the molecule is C.C.C.CC/C=C/CC.CC/C=C/CC.CCCCCC.CC[CH+]CCC.CC[CH+]CCC.O.O.O=O.[H+].[HH].[HH]. The van der Waals surface area contributed by atoms with E-state index >= 15 is 0 Å². The number of hydrogen-bond acceptors (Lipinski definition) is 2. The van der Waals surface area contributed by atoms with Crippen molar-refractivity contribution in [2.24, 2.45) is 0 Å². The highest BCUT2D eigenvalue weighted by atomic mass is 16.7. The van der Waals surface area contributed by atoms with Gasteiger partial charge in [0.2, 0.25) is 0 Å². The maximum absolute atomic E-state index is 7.00. The first-order chi connectivity index (χ1) is 15.6. The van der Waals surface area contributed by atoms with E-state index in [2.05, 4.69) is 106 Å². The van der Waals surface area contributed by atoms with Gasteiger partial charge in [0.15, 0.2) is 0 Å². The summed E-state index contributed by atoms with van der Waals surface area (Å²) in [6.07, 6.45) is 31.2. The van der Waals surface area contributed by atoms with Gasteiger partial charge in [-0.3, -0.25) is 0 Å². The standard InChI is InChI=1S/C6H14.2C6H13.2C6H12.3CH4.O2.2H2O.2H2/c5*1-3-5-6-4-2;;;;1-2;;;;/h3-6H2,1-2H3;2*5H,3-4,6H2,1-2H3;2*5-6H,3-4H2,1-2H3;3*1H4;;2*1H2;2*1H/q;2*+1;;;;;;;;;;/p+1/b;;;2*6-5+;;;;;;;;. The normalized spacial score (nSPS) is 7.62. The Hall–Kier alpha value is -1.26. The monoisotopic (exact) mass is 546 g/mol. The molecule has 0 bridgehead atoms. The van der Waals surface area contributed by atoms with Crippen molar-refractivity contribution in [3.05, 3.63) is 47.1 Å². The van der Waals surface area contributed by atoms with Crippen LogP contribution in [-0.2, 0) is 0 Å². The predicted octanol–water partition coefficient (Wildman–Crippen LogP) is 13.0. The fourth-order valence-corrected chi connectivity index (χ4v) is 1.98. The second-order valence-electron chi connectivity index (χ2n) is 7.25. The Morgan fingerprint density at radius 2 is 0.703 bits per heavy atom. The van der Waals surface area contributed by atoms with Gasteiger partial charge >= 0.3 is 1.43 Å². The van der Waals surface area contributed by atoms with E-state index in [4.69, 9.17) is 9.93 Å². The van der Waals surface area contributed by atoms with Crippen molar-refractivity contribution < 1.29 is 15.2 Å². The zero-order valence-corrected chi connectivity index (χ0v) is 25.2. The number of hydrogen-bond donors (Lipinski definition) is 0. The summed E-state index contributed by atoms with van der Waals surface area (Å²) >= 11 is 0. The first kappa shape index (κ1) is 70.5. The Balaban J connectivity index is -0.0000000165. The molecule has 0 aromatic heterocycles. The molecule has 37 heavy (non-hydrogen) atoms. The highest BCUT2D eigenvalue weighted by Crippen LogP contribution is 1.95. The molecule has 4 heteroatoms. The Kier molecular flexibility index (Phi) is 214. The molecule has 4 nitrogen and oxygen atoms in total. The van der Waals surface area contributed by atoms with Crippen LogP contribution in [0.15, 0.2) is 24.3 Å². The van der Waals surface area contributed by atoms with Crippen LogP contribution in [0.5, 0.6) is 0 Å². The van der Waals surface area contributed by atoms with Gasteiger partial charge in [-0.2, -0.15) is 0 Å². The molecule has 0 aromatic carbocycles. The van der Waals surface area contributed by atoms with Crippen LogP contribution in [0.25, 0.3) is 0 Å². The van der Waals surface area contributed by atoms with Gasteiger partial charge in [0.1, 0.15) is 0 Å². The lowest BCUT2D eigenvalue weighted by molar-refractivity contribution is 0.702. The van der Waals surface area contributed by atoms with Crippen molar-refractivity contribution in [3.8, 4) is 0 Å². The van der Waals surface area contributed by atoms with E-state index < -0.39 is 0 Å². The second-order valence-corrected chi connectivity index (χ2v) is 7.25. The third kappa shape index (κ3) is 197. The number of allylic oxidation sites excluding steroid dienone is 4. The second kappa shape index (κ2) is 113. The Bertz CT molecular complexity index is 225. The van der Waals surface area contributed by atoms with Crippen LogP contribution >= 0.6 is 0 Å². The van der Waals surface area contributed by atoms with Crippen LogP contribution in [0.3, 0.4) is 0 Å². The zero-order valence-electron chi connectivity index (χ0n) is 26.2. The minimum atomic E-state index is 0. The molecule has 0 saturated heterocycles. The Morgan fingerprint density at radius 1 is 0.486 bits per heavy atom. The average molecular weight is 546 g/mol. The molecule has 0 aliphatic heterocycles. The van der Waals surface area contributed by atoms with Crippen molar-refractivity contribution >= 4 is 0 Å². The lowest BCUT2D eigenvalue weighted by Gasteiger charge is -1.86. The van der Waals surface area contributed by atoms with Crippen LogP contribution in [0.4, 0.5) is 0 Å². The highest BCUT2D eigenvalue weighted by molar-refractivity contribution is 4.78. The van der Waals surface area contributed by atoms with Crippen molar-refractivity contribution in [3.63, 3.8) is 0 Å². The van der Waals surface area contributed by atoms with Gasteiger partial charge in [-0.25, -0.2) is 0 Å². The van der Waals surface area contributed by atoms with Crippen LogP contribution < -0.4 is 0 Å². The van der Waals surface area contributed by atoms with Gasteiger partial charge in [0.25, 0.3) is 0 Å². The summed E-state index contributed by atoms with van der Waals surface area (Å²) < 4.78 is 0. The van der Waals surface area contributed by atoms with E-state index in [9.17, 15) is 0 Å². The van der Waals surface area contributed by atoms with E-state index in [-0.39, 0.29) is 37.5 Å². The molecule has 0 spiro atoms. The van der Waals surface area contributed by atoms with E-state index in [1.54, 1.807) is 0 Å². The third-order valence-electron chi connectivity index (χ3n) is 3.80. The summed E-state index contributed by atoms with van der Waals surface area (Å²) in [4.78, 5) is 14.0. The maximum Gasteiger partial charge on any atom is 1.00 e. The highest BCUT2D eigenvalue weighted by Gasteiger charge is 1.86.